The number of amides is 2. The minimum absolute atomic E-state index is 0.0423. The lowest BCUT2D eigenvalue weighted by molar-refractivity contribution is -0.139. The Hall–Kier alpha value is -2.81. The highest BCUT2D eigenvalue weighted by Gasteiger charge is 2.19. The van der Waals surface area contributed by atoms with Crippen molar-refractivity contribution in [2.75, 3.05) is 19.1 Å². The van der Waals surface area contributed by atoms with E-state index < -0.39 is 11.9 Å². The molecule has 0 atom stereocenters. The maximum Gasteiger partial charge on any atom is 0.311 e. The number of nitrogens with zero attached hydrogens (tertiary/aromatic N) is 3. The number of hydrogen-bond donors (Lipinski definition) is 1. The zero-order valence-corrected chi connectivity index (χ0v) is 13.3. The van der Waals surface area contributed by atoms with Crippen LogP contribution >= 0.6 is 11.3 Å². The van der Waals surface area contributed by atoms with Crippen LogP contribution in [-0.2, 0) is 16.0 Å². The van der Waals surface area contributed by atoms with Gasteiger partial charge in [0.05, 0.1) is 24.8 Å². The van der Waals surface area contributed by atoms with Gasteiger partial charge in [0, 0.05) is 18.6 Å². The molecule has 2 amide bonds. The van der Waals surface area contributed by atoms with Gasteiger partial charge in [-0.3, -0.25) is 24.3 Å². The Morgan fingerprint density at radius 3 is 2.65 bits per heavy atom. The second kappa shape index (κ2) is 6.97. The van der Waals surface area contributed by atoms with E-state index in [0.717, 1.165) is 0 Å². The Balaban J connectivity index is 2.13. The molecule has 0 spiro atoms. The molecule has 8 nitrogen and oxygen atoms in total. The number of aromatic nitrogens is 2. The highest BCUT2D eigenvalue weighted by molar-refractivity contribution is 7.14. The number of rotatable bonds is 5. The lowest BCUT2D eigenvalue weighted by Gasteiger charge is -2.13. The summed E-state index contributed by atoms with van der Waals surface area (Å²) in [6.45, 7) is 0. The first-order valence-electron chi connectivity index (χ1n) is 6.47. The monoisotopic (exact) mass is 334 g/mol. The van der Waals surface area contributed by atoms with Gasteiger partial charge in [0.1, 0.15) is 5.69 Å². The van der Waals surface area contributed by atoms with Crippen LogP contribution in [0.25, 0.3) is 0 Å². The van der Waals surface area contributed by atoms with Gasteiger partial charge >= 0.3 is 5.97 Å². The molecule has 2 rings (SSSR count). The first kappa shape index (κ1) is 16.6. The summed E-state index contributed by atoms with van der Waals surface area (Å²) in [7, 11) is 2.85. The van der Waals surface area contributed by atoms with E-state index in [1.54, 1.807) is 12.4 Å². The summed E-state index contributed by atoms with van der Waals surface area (Å²) in [5.41, 5.74) is 6.02. The van der Waals surface area contributed by atoms with Crippen LogP contribution in [0, 0.1) is 0 Å². The third kappa shape index (κ3) is 3.89. The smallest absolute Gasteiger partial charge is 0.311 e. The zero-order chi connectivity index (χ0) is 17.0. The van der Waals surface area contributed by atoms with Gasteiger partial charge in [0.2, 0.25) is 5.91 Å². The molecule has 2 aromatic rings. The largest absolute Gasteiger partial charge is 0.469 e. The van der Waals surface area contributed by atoms with E-state index in [4.69, 9.17) is 5.73 Å². The predicted molar refractivity (Wildman–Crippen MR) is 83.3 cm³/mol. The maximum atomic E-state index is 12.3. The number of ether oxygens (including phenoxy) is 1. The summed E-state index contributed by atoms with van der Waals surface area (Å²) in [6, 6.07) is 2.85. The number of esters is 1. The van der Waals surface area contributed by atoms with Gasteiger partial charge < -0.3 is 10.5 Å². The van der Waals surface area contributed by atoms with Crippen molar-refractivity contribution in [2.24, 2.45) is 5.73 Å². The molecule has 0 fully saturated rings. The van der Waals surface area contributed by atoms with E-state index >= 15 is 0 Å². The van der Waals surface area contributed by atoms with Crippen LogP contribution < -0.4 is 10.6 Å². The molecular formula is C14H14N4O4S. The summed E-state index contributed by atoms with van der Waals surface area (Å²) in [5.74, 6) is -1.41. The van der Waals surface area contributed by atoms with Crippen molar-refractivity contribution in [3.63, 3.8) is 0 Å². The van der Waals surface area contributed by atoms with E-state index in [0.29, 0.717) is 10.8 Å². The van der Waals surface area contributed by atoms with E-state index in [2.05, 4.69) is 14.7 Å². The molecule has 0 bridgehead atoms. The fourth-order valence-electron chi connectivity index (χ4n) is 1.68. The third-order valence-corrected chi connectivity index (χ3v) is 3.92. The summed E-state index contributed by atoms with van der Waals surface area (Å²) < 4.78 is 4.57. The zero-order valence-electron chi connectivity index (χ0n) is 12.5. The highest BCUT2D eigenvalue weighted by atomic mass is 32.1. The molecule has 0 aliphatic heterocycles. The van der Waals surface area contributed by atoms with Crippen molar-refractivity contribution in [1.29, 1.82) is 0 Å². The van der Waals surface area contributed by atoms with Gasteiger partial charge in [-0.1, -0.05) is 0 Å². The average Bonchev–Trinajstić information content (AvgIpc) is 3.01. The average molecular weight is 334 g/mol. The number of anilines is 1. The molecule has 23 heavy (non-hydrogen) atoms. The quantitative estimate of drug-likeness (QED) is 0.802. The Morgan fingerprint density at radius 1 is 1.35 bits per heavy atom. The van der Waals surface area contributed by atoms with E-state index in [1.165, 1.54) is 41.7 Å². The van der Waals surface area contributed by atoms with Crippen molar-refractivity contribution in [3.05, 3.63) is 40.7 Å². The van der Waals surface area contributed by atoms with Crippen LogP contribution in [0.15, 0.2) is 23.7 Å². The molecule has 120 valence electrons. The van der Waals surface area contributed by atoms with Gasteiger partial charge in [-0.25, -0.2) is 4.98 Å². The summed E-state index contributed by atoms with van der Waals surface area (Å²) in [5, 5.41) is 2.11. The molecule has 2 heterocycles. The molecule has 2 aromatic heterocycles. The van der Waals surface area contributed by atoms with E-state index in [1.807, 2.05) is 0 Å². The van der Waals surface area contributed by atoms with Gasteiger partial charge in [-0.2, -0.15) is 0 Å². The van der Waals surface area contributed by atoms with Crippen LogP contribution in [0.5, 0.6) is 0 Å². The molecule has 0 unspecified atom stereocenters. The maximum absolute atomic E-state index is 12.3. The van der Waals surface area contributed by atoms with Crippen molar-refractivity contribution >= 4 is 34.3 Å². The number of pyridine rings is 1. The highest BCUT2D eigenvalue weighted by Crippen LogP contribution is 2.21. The molecule has 0 radical (unpaired) electrons. The lowest BCUT2D eigenvalue weighted by atomic mass is 10.2. The Labute approximate surface area is 135 Å². The summed E-state index contributed by atoms with van der Waals surface area (Å²) >= 11 is 1.23. The number of methoxy groups -OCH3 is 1. The fraction of sp³-hybridized carbons (Fsp3) is 0.214. The molecule has 9 heteroatoms. The van der Waals surface area contributed by atoms with Crippen LogP contribution in [-0.4, -0.2) is 41.9 Å². The SMILES string of the molecule is COC(=O)Cc1csc(N(C)C(=O)c2ccc(C(N)=O)cn2)n1. The van der Waals surface area contributed by atoms with Crippen molar-refractivity contribution in [2.45, 2.75) is 6.42 Å². The number of nitrogens with two attached hydrogens (primary N) is 1. The summed E-state index contributed by atoms with van der Waals surface area (Å²) in [6.07, 6.45) is 1.29. The first-order chi connectivity index (χ1) is 10.9. The van der Waals surface area contributed by atoms with E-state index in [9.17, 15) is 14.4 Å². The second-order valence-corrected chi connectivity index (χ2v) is 5.37. The van der Waals surface area contributed by atoms with Crippen molar-refractivity contribution < 1.29 is 19.1 Å². The number of primary amides is 1. The number of carbonyl (C=O) groups excluding carboxylic acids is 3. The van der Waals surface area contributed by atoms with Gasteiger partial charge in [0.15, 0.2) is 5.13 Å². The predicted octanol–water partition coefficient (Wildman–Crippen LogP) is 0.629. The topological polar surface area (TPSA) is 115 Å². The van der Waals surface area contributed by atoms with Crippen LogP contribution in [0.2, 0.25) is 0 Å². The van der Waals surface area contributed by atoms with Gasteiger partial charge in [-0.05, 0) is 12.1 Å². The van der Waals surface area contributed by atoms with Gasteiger partial charge in [0.25, 0.3) is 5.91 Å². The standard InChI is InChI=1S/C14H14N4O4S/c1-18(14-17-9(7-23-14)5-11(19)22-2)13(21)10-4-3-8(6-16-10)12(15)20/h3-4,6-7H,5H2,1-2H3,(H2,15,20). The minimum atomic E-state index is -0.614. The normalized spacial score (nSPS) is 10.2. The number of thiazole rings is 1. The molecule has 0 aliphatic carbocycles. The second-order valence-electron chi connectivity index (χ2n) is 4.53. The minimum Gasteiger partial charge on any atom is -0.469 e. The number of hydrogen-bond acceptors (Lipinski definition) is 7. The molecule has 0 aliphatic rings. The summed E-state index contributed by atoms with van der Waals surface area (Å²) in [4.78, 5) is 44.0. The molecular weight excluding hydrogens is 320 g/mol. The van der Waals surface area contributed by atoms with Gasteiger partial charge in [-0.15, -0.1) is 11.3 Å². The van der Waals surface area contributed by atoms with Crippen molar-refractivity contribution in [1.82, 2.24) is 9.97 Å². The Bertz CT molecular complexity index is 741. The van der Waals surface area contributed by atoms with E-state index in [-0.39, 0.29) is 23.6 Å². The Kier molecular flexibility index (Phi) is 5.02. The van der Waals surface area contributed by atoms with Crippen molar-refractivity contribution in [3.8, 4) is 0 Å². The van der Waals surface area contributed by atoms with Crippen LogP contribution in [0.4, 0.5) is 5.13 Å². The van der Waals surface area contributed by atoms with Crippen LogP contribution in [0.1, 0.15) is 26.5 Å². The first-order valence-corrected chi connectivity index (χ1v) is 7.35. The molecule has 0 saturated carbocycles. The molecule has 0 aromatic carbocycles. The molecule has 2 N–H and O–H groups in total. The lowest BCUT2D eigenvalue weighted by Crippen LogP contribution is -2.27. The molecule has 0 saturated heterocycles. The third-order valence-electron chi connectivity index (χ3n) is 2.95. The van der Waals surface area contributed by atoms with Crippen LogP contribution in [0.3, 0.4) is 0 Å². The Morgan fingerprint density at radius 2 is 2.09 bits per heavy atom. The fourth-order valence-corrected chi connectivity index (χ4v) is 2.46. The number of carbonyl (C=O) groups is 3.